The minimum atomic E-state index is -0.691. The molecule has 0 N–H and O–H groups in total. The fourth-order valence-corrected chi connectivity index (χ4v) is 6.16. The van der Waals surface area contributed by atoms with E-state index in [-0.39, 0.29) is 11.1 Å². The van der Waals surface area contributed by atoms with E-state index in [0.717, 1.165) is 28.3 Å². The molecule has 0 unspecified atom stereocenters. The van der Waals surface area contributed by atoms with Gasteiger partial charge in [-0.15, -0.1) is 0 Å². The number of aromatic nitrogens is 4. The lowest BCUT2D eigenvalue weighted by Gasteiger charge is -2.20. The lowest BCUT2D eigenvalue weighted by molar-refractivity contribution is 0.309. The number of hydrogen-bond donors (Lipinski definition) is 0. The molecule has 0 aliphatic heterocycles. The molecule has 0 aliphatic carbocycles. The lowest BCUT2D eigenvalue weighted by atomic mass is 9.85. The minimum absolute atomic E-state index is 0.194. The first-order valence-corrected chi connectivity index (χ1v) is 14.2. The molecule has 41 heavy (non-hydrogen) atoms. The van der Waals surface area contributed by atoms with Gasteiger partial charge in [0, 0.05) is 31.4 Å². The molecule has 2 aromatic heterocycles. The zero-order valence-electron chi connectivity index (χ0n) is 24.0. The highest BCUT2D eigenvalue weighted by molar-refractivity contribution is 9.10. The van der Waals surface area contributed by atoms with E-state index in [2.05, 4.69) is 15.9 Å². The van der Waals surface area contributed by atoms with Crippen molar-refractivity contribution in [3.05, 3.63) is 126 Å². The fourth-order valence-electron chi connectivity index (χ4n) is 5.54. The maximum absolute atomic E-state index is 14.4. The summed E-state index contributed by atoms with van der Waals surface area (Å²) in [4.78, 5) is 28.7. The first kappa shape index (κ1) is 28.3. The van der Waals surface area contributed by atoms with Gasteiger partial charge in [-0.3, -0.25) is 19.0 Å². The highest BCUT2D eigenvalue weighted by atomic mass is 79.9. The van der Waals surface area contributed by atoms with Gasteiger partial charge in [-0.05, 0) is 78.7 Å². The summed E-state index contributed by atoms with van der Waals surface area (Å²) in [5, 5.41) is 0. The predicted octanol–water partition coefficient (Wildman–Crippen LogP) is 5.63. The van der Waals surface area contributed by atoms with Crippen LogP contribution in [0.5, 0.6) is 11.5 Å². The summed E-state index contributed by atoms with van der Waals surface area (Å²) in [6.45, 7) is 6.16. The first-order valence-electron chi connectivity index (χ1n) is 13.4. The van der Waals surface area contributed by atoms with E-state index >= 15 is 0 Å². The Labute approximate surface area is 247 Å². The predicted molar refractivity (Wildman–Crippen MR) is 164 cm³/mol. The van der Waals surface area contributed by atoms with E-state index in [1.807, 2.05) is 117 Å². The van der Waals surface area contributed by atoms with Crippen molar-refractivity contribution >= 4 is 15.9 Å². The Morgan fingerprint density at radius 3 is 1.66 bits per heavy atom. The molecule has 0 atom stereocenters. The van der Waals surface area contributed by atoms with Gasteiger partial charge in [0.15, 0.2) is 11.5 Å². The second-order valence-corrected chi connectivity index (χ2v) is 10.7. The Morgan fingerprint density at radius 1 is 0.780 bits per heavy atom. The topological polar surface area (TPSA) is 72.3 Å². The highest BCUT2D eigenvalue weighted by Gasteiger charge is 2.34. The SMILES string of the molecule is CCOc1cc(C(c2c(C)n(C)n(-c3ccccc3)c2=O)c2c(C)n(C)n(-c3ccccc3)c2=O)cc(Br)c1OC. The normalized spacial score (nSPS) is 11.3. The maximum atomic E-state index is 14.4. The number of hydrogen-bond acceptors (Lipinski definition) is 4. The van der Waals surface area contributed by atoms with Crippen LogP contribution in [0.1, 0.15) is 40.9 Å². The molecule has 2 heterocycles. The van der Waals surface area contributed by atoms with Crippen LogP contribution in [0.4, 0.5) is 0 Å². The summed E-state index contributed by atoms with van der Waals surface area (Å²) in [5.41, 5.74) is 4.36. The van der Waals surface area contributed by atoms with Gasteiger partial charge < -0.3 is 9.47 Å². The largest absolute Gasteiger partial charge is 0.492 e. The van der Waals surface area contributed by atoms with Gasteiger partial charge in [-0.2, -0.15) is 0 Å². The summed E-state index contributed by atoms with van der Waals surface area (Å²) >= 11 is 3.65. The van der Waals surface area contributed by atoms with Gasteiger partial charge in [0.2, 0.25) is 0 Å². The van der Waals surface area contributed by atoms with E-state index in [1.54, 1.807) is 16.5 Å². The number of methoxy groups -OCH3 is 1. The third-order valence-corrected chi connectivity index (χ3v) is 8.23. The van der Waals surface area contributed by atoms with Crippen LogP contribution in [0.25, 0.3) is 11.4 Å². The molecule has 0 bridgehead atoms. The van der Waals surface area contributed by atoms with Gasteiger partial charge in [-0.1, -0.05) is 36.4 Å². The summed E-state index contributed by atoms with van der Waals surface area (Å²) in [5.74, 6) is 0.384. The van der Waals surface area contributed by atoms with Gasteiger partial charge in [0.1, 0.15) is 0 Å². The molecule has 9 heteroatoms. The monoisotopic (exact) mass is 616 g/mol. The lowest BCUT2D eigenvalue weighted by Crippen LogP contribution is -2.26. The van der Waals surface area contributed by atoms with E-state index in [0.29, 0.717) is 33.7 Å². The molecule has 0 radical (unpaired) electrons. The summed E-state index contributed by atoms with van der Waals surface area (Å²) < 4.78 is 19.2. The van der Waals surface area contributed by atoms with Crippen molar-refractivity contribution in [2.45, 2.75) is 26.7 Å². The van der Waals surface area contributed by atoms with E-state index < -0.39 is 5.92 Å². The van der Waals surface area contributed by atoms with Gasteiger partial charge in [0.25, 0.3) is 11.1 Å². The fraction of sp³-hybridized carbons (Fsp3) is 0.250. The third kappa shape index (κ3) is 4.74. The van der Waals surface area contributed by atoms with Crippen LogP contribution in [0.3, 0.4) is 0 Å². The van der Waals surface area contributed by atoms with Crippen LogP contribution < -0.4 is 20.6 Å². The maximum Gasteiger partial charge on any atom is 0.275 e. The molecule has 0 fully saturated rings. The summed E-state index contributed by atoms with van der Waals surface area (Å²) in [6, 6.07) is 22.8. The molecule has 212 valence electrons. The van der Waals surface area contributed by atoms with Gasteiger partial charge in [-0.25, -0.2) is 9.36 Å². The summed E-state index contributed by atoms with van der Waals surface area (Å²) in [7, 11) is 5.30. The zero-order valence-corrected chi connectivity index (χ0v) is 25.6. The first-order chi connectivity index (χ1) is 19.7. The molecular weight excluding hydrogens is 584 g/mol. The van der Waals surface area contributed by atoms with E-state index in [4.69, 9.17) is 9.47 Å². The molecule has 8 nitrogen and oxygen atoms in total. The number of halogens is 1. The van der Waals surface area contributed by atoms with Crippen molar-refractivity contribution in [1.82, 2.24) is 18.7 Å². The van der Waals surface area contributed by atoms with Crippen LogP contribution in [0, 0.1) is 13.8 Å². The van der Waals surface area contributed by atoms with E-state index in [1.165, 1.54) is 0 Å². The van der Waals surface area contributed by atoms with Crippen LogP contribution in [-0.2, 0) is 14.1 Å². The Bertz CT molecular complexity index is 1730. The Morgan fingerprint density at radius 2 is 1.24 bits per heavy atom. The number of para-hydroxylation sites is 2. The van der Waals surface area contributed by atoms with Crippen molar-refractivity contribution in [1.29, 1.82) is 0 Å². The Balaban J connectivity index is 1.88. The molecule has 0 amide bonds. The van der Waals surface area contributed by atoms with Crippen molar-refractivity contribution in [3.8, 4) is 22.9 Å². The molecule has 5 rings (SSSR count). The molecule has 0 saturated carbocycles. The second kappa shape index (κ2) is 11.3. The second-order valence-electron chi connectivity index (χ2n) is 9.85. The number of rotatable bonds is 8. The van der Waals surface area contributed by atoms with Crippen LogP contribution >= 0.6 is 15.9 Å². The summed E-state index contributed by atoms with van der Waals surface area (Å²) in [6.07, 6.45) is 0. The molecule has 0 aliphatic rings. The third-order valence-electron chi connectivity index (χ3n) is 7.64. The number of nitrogens with zero attached hydrogens (tertiary/aromatic N) is 4. The quantitative estimate of drug-likeness (QED) is 0.226. The van der Waals surface area contributed by atoms with Crippen LogP contribution in [-0.4, -0.2) is 32.4 Å². The van der Waals surface area contributed by atoms with Crippen molar-refractivity contribution in [2.24, 2.45) is 14.1 Å². The smallest absolute Gasteiger partial charge is 0.275 e. The van der Waals surface area contributed by atoms with Crippen LogP contribution in [0.2, 0.25) is 0 Å². The number of benzene rings is 3. The van der Waals surface area contributed by atoms with Crippen LogP contribution in [0.15, 0.2) is 86.9 Å². The number of ether oxygens (including phenoxy) is 2. The average Bonchev–Trinajstić information content (AvgIpc) is 3.32. The molecular formula is C32H33BrN4O4. The highest BCUT2D eigenvalue weighted by Crippen LogP contribution is 2.42. The molecule has 5 aromatic rings. The van der Waals surface area contributed by atoms with Crippen molar-refractivity contribution in [2.75, 3.05) is 13.7 Å². The molecule has 3 aromatic carbocycles. The van der Waals surface area contributed by atoms with Crippen molar-refractivity contribution < 1.29 is 9.47 Å². The molecule has 0 spiro atoms. The Hall–Kier alpha value is -4.24. The van der Waals surface area contributed by atoms with Crippen molar-refractivity contribution in [3.63, 3.8) is 0 Å². The molecule has 0 saturated heterocycles. The average molecular weight is 618 g/mol. The van der Waals surface area contributed by atoms with Gasteiger partial charge >= 0.3 is 0 Å². The Kier molecular flexibility index (Phi) is 7.82. The standard InChI is InChI=1S/C32H33BrN4O4/c1-7-41-26-19-22(18-25(33)30(26)40-6)29(27-20(2)34(4)36(31(27)38)23-14-10-8-11-15-23)28-21(3)35(5)37(32(28)39)24-16-12-9-13-17-24/h8-19,29H,7H2,1-6H3. The zero-order chi connectivity index (χ0) is 29.4. The van der Waals surface area contributed by atoms with Gasteiger partial charge in [0.05, 0.1) is 40.7 Å². The van der Waals surface area contributed by atoms with E-state index in [9.17, 15) is 9.59 Å². The minimum Gasteiger partial charge on any atom is -0.492 e.